The Morgan fingerprint density at radius 1 is 1.20 bits per heavy atom. The number of nitrogens with zero attached hydrogens (tertiary/aromatic N) is 3. The van der Waals surface area contributed by atoms with Crippen molar-refractivity contribution in [2.75, 3.05) is 26.2 Å². The number of aliphatic hydroxyl groups excluding tert-OH is 1. The molecule has 25 heavy (non-hydrogen) atoms. The lowest BCUT2D eigenvalue weighted by molar-refractivity contribution is -0.139. The Balaban J connectivity index is 1.89. The molecular formula is C17H21N3O4S. The molecule has 3 rings (SSSR count). The number of carbonyl (C=O) groups excluding carboxylic acids is 1. The van der Waals surface area contributed by atoms with Crippen molar-refractivity contribution in [3.63, 3.8) is 0 Å². The van der Waals surface area contributed by atoms with Gasteiger partial charge in [0.1, 0.15) is 6.10 Å². The molecule has 8 heteroatoms. The molecule has 0 aliphatic carbocycles. The van der Waals surface area contributed by atoms with Crippen LogP contribution in [-0.2, 0) is 14.8 Å². The van der Waals surface area contributed by atoms with Crippen LogP contribution in [0.1, 0.15) is 13.3 Å². The molecule has 1 aromatic carbocycles. The first-order valence-electron chi connectivity index (χ1n) is 8.21. The summed E-state index contributed by atoms with van der Waals surface area (Å²) >= 11 is 0. The minimum absolute atomic E-state index is 0.211. The summed E-state index contributed by atoms with van der Waals surface area (Å²) in [5.74, 6) is -0.365. The summed E-state index contributed by atoms with van der Waals surface area (Å²) in [4.78, 5) is 17.8. The topological polar surface area (TPSA) is 90.8 Å². The van der Waals surface area contributed by atoms with Crippen molar-refractivity contribution in [2.24, 2.45) is 0 Å². The molecule has 0 spiro atoms. The second-order valence-electron chi connectivity index (χ2n) is 6.11. The number of pyridine rings is 1. The first-order valence-corrected chi connectivity index (χ1v) is 9.65. The van der Waals surface area contributed by atoms with Crippen molar-refractivity contribution in [2.45, 2.75) is 24.3 Å². The molecule has 0 saturated carbocycles. The Kier molecular flexibility index (Phi) is 5.03. The summed E-state index contributed by atoms with van der Waals surface area (Å²) in [5, 5.41) is 10.9. The summed E-state index contributed by atoms with van der Waals surface area (Å²) in [5.41, 5.74) is 0. The van der Waals surface area contributed by atoms with Crippen molar-refractivity contribution in [3.05, 3.63) is 36.7 Å². The molecule has 1 aromatic heterocycles. The molecule has 7 nitrogen and oxygen atoms in total. The van der Waals surface area contributed by atoms with Crippen molar-refractivity contribution in [1.29, 1.82) is 0 Å². The van der Waals surface area contributed by atoms with Gasteiger partial charge in [-0.2, -0.15) is 4.31 Å². The van der Waals surface area contributed by atoms with Gasteiger partial charge in [-0.05, 0) is 25.5 Å². The number of hydrogen-bond donors (Lipinski definition) is 1. The van der Waals surface area contributed by atoms with Crippen LogP contribution in [0.5, 0.6) is 0 Å². The van der Waals surface area contributed by atoms with Gasteiger partial charge >= 0.3 is 0 Å². The lowest BCUT2D eigenvalue weighted by Gasteiger charge is -2.23. The first-order chi connectivity index (χ1) is 11.9. The highest BCUT2D eigenvalue weighted by Crippen LogP contribution is 2.25. The number of sulfonamides is 1. The highest BCUT2D eigenvalue weighted by atomic mass is 32.2. The molecule has 1 amide bonds. The van der Waals surface area contributed by atoms with Crippen LogP contribution >= 0.6 is 0 Å². The maximum atomic E-state index is 13.1. The zero-order valence-corrected chi connectivity index (χ0v) is 14.8. The second kappa shape index (κ2) is 7.07. The zero-order chi connectivity index (χ0) is 18.0. The van der Waals surface area contributed by atoms with E-state index in [1.165, 1.54) is 16.1 Å². The fourth-order valence-electron chi connectivity index (χ4n) is 3.08. The maximum Gasteiger partial charge on any atom is 0.251 e. The fraction of sp³-hybridized carbons (Fsp3) is 0.412. The van der Waals surface area contributed by atoms with Crippen molar-refractivity contribution < 1.29 is 18.3 Å². The molecule has 1 atom stereocenters. The van der Waals surface area contributed by atoms with E-state index in [0.29, 0.717) is 24.9 Å². The summed E-state index contributed by atoms with van der Waals surface area (Å²) in [6, 6.07) is 6.83. The number of hydrogen-bond acceptors (Lipinski definition) is 5. The average Bonchev–Trinajstić information content (AvgIpc) is 2.87. The van der Waals surface area contributed by atoms with Gasteiger partial charge in [-0.1, -0.05) is 12.1 Å². The number of aromatic nitrogens is 1. The highest BCUT2D eigenvalue weighted by molar-refractivity contribution is 7.89. The third-order valence-electron chi connectivity index (χ3n) is 4.38. The smallest absolute Gasteiger partial charge is 0.251 e. The lowest BCUT2D eigenvalue weighted by atomic mass is 10.2. The van der Waals surface area contributed by atoms with E-state index in [-0.39, 0.29) is 23.9 Å². The Morgan fingerprint density at radius 3 is 2.76 bits per heavy atom. The largest absolute Gasteiger partial charge is 0.384 e. The van der Waals surface area contributed by atoms with Crippen LogP contribution < -0.4 is 0 Å². The number of rotatable bonds is 3. The van der Waals surface area contributed by atoms with Gasteiger partial charge in [-0.3, -0.25) is 9.78 Å². The van der Waals surface area contributed by atoms with E-state index >= 15 is 0 Å². The van der Waals surface area contributed by atoms with Crippen molar-refractivity contribution in [3.8, 4) is 0 Å². The summed E-state index contributed by atoms with van der Waals surface area (Å²) < 4.78 is 27.6. The molecule has 1 N–H and O–H groups in total. The van der Waals surface area contributed by atoms with Crippen LogP contribution in [0.4, 0.5) is 0 Å². The quantitative estimate of drug-likeness (QED) is 0.873. The molecule has 134 valence electrons. The molecule has 0 radical (unpaired) electrons. The predicted molar refractivity (Wildman–Crippen MR) is 93.4 cm³/mol. The predicted octanol–water partition coefficient (Wildman–Crippen LogP) is 0.839. The molecule has 1 saturated heterocycles. The van der Waals surface area contributed by atoms with Crippen LogP contribution in [0.25, 0.3) is 10.8 Å². The van der Waals surface area contributed by atoms with Gasteiger partial charge in [-0.15, -0.1) is 0 Å². The van der Waals surface area contributed by atoms with Gasteiger partial charge in [0, 0.05) is 49.3 Å². The number of aliphatic hydroxyl groups is 1. The van der Waals surface area contributed by atoms with E-state index in [4.69, 9.17) is 0 Å². The molecule has 1 aliphatic rings. The van der Waals surface area contributed by atoms with Gasteiger partial charge in [-0.25, -0.2) is 8.42 Å². The summed E-state index contributed by atoms with van der Waals surface area (Å²) in [6.45, 7) is 2.69. The number of benzene rings is 1. The van der Waals surface area contributed by atoms with Crippen LogP contribution in [0, 0.1) is 0 Å². The number of fused-ring (bicyclic) bond motifs is 1. The van der Waals surface area contributed by atoms with Crippen LogP contribution in [0.15, 0.2) is 41.6 Å². The first kappa shape index (κ1) is 17.8. The fourth-order valence-corrected chi connectivity index (χ4v) is 4.76. The Bertz CT molecular complexity index is 877. The molecule has 1 fully saturated rings. The van der Waals surface area contributed by atoms with Gasteiger partial charge in [0.2, 0.25) is 10.0 Å². The maximum absolute atomic E-state index is 13.1. The van der Waals surface area contributed by atoms with E-state index < -0.39 is 16.1 Å². The minimum atomic E-state index is -3.68. The molecule has 0 bridgehead atoms. The Labute approximate surface area is 146 Å². The standard InChI is InChI=1S/C17H21N3O4S/c1-13(21)17(22)19-8-3-9-20(11-10-19)25(23,24)16-5-2-4-14-12-18-7-6-15(14)16/h2,4-7,12-13,21H,3,8-11H2,1H3/t13-/m1/s1. The molecular weight excluding hydrogens is 342 g/mol. The van der Waals surface area contributed by atoms with Crippen molar-refractivity contribution >= 4 is 26.7 Å². The molecule has 2 heterocycles. The van der Waals surface area contributed by atoms with Crippen LogP contribution in [0.3, 0.4) is 0 Å². The van der Waals surface area contributed by atoms with Crippen LogP contribution in [0.2, 0.25) is 0 Å². The molecule has 1 aliphatic heterocycles. The molecule has 0 unspecified atom stereocenters. The van der Waals surface area contributed by atoms with Gasteiger partial charge in [0.05, 0.1) is 4.90 Å². The number of carbonyl (C=O) groups is 1. The molecule has 2 aromatic rings. The van der Waals surface area contributed by atoms with Crippen LogP contribution in [-0.4, -0.2) is 65.9 Å². The highest BCUT2D eigenvalue weighted by Gasteiger charge is 2.30. The van der Waals surface area contributed by atoms with E-state index in [0.717, 1.165) is 5.39 Å². The zero-order valence-electron chi connectivity index (χ0n) is 14.0. The third kappa shape index (κ3) is 3.51. The Morgan fingerprint density at radius 2 is 2.00 bits per heavy atom. The van der Waals surface area contributed by atoms with E-state index in [9.17, 15) is 18.3 Å². The average molecular weight is 363 g/mol. The Hall–Kier alpha value is -2.03. The lowest BCUT2D eigenvalue weighted by Crippen LogP contribution is -2.41. The van der Waals surface area contributed by atoms with Crippen molar-refractivity contribution in [1.82, 2.24) is 14.2 Å². The van der Waals surface area contributed by atoms with E-state index in [2.05, 4.69) is 4.98 Å². The normalized spacial score (nSPS) is 18.1. The second-order valence-corrected chi connectivity index (χ2v) is 8.02. The monoisotopic (exact) mass is 363 g/mol. The van der Waals surface area contributed by atoms with E-state index in [1.807, 2.05) is 6.07 Å². The van der Waals surface area contributed by atoms with Gasteiger partial charge in [0.15, 0.2) is 0 Å². The number of amides is 1. The van der Waals surface area contributed by atoms with Gasteiger partial charge in [0.25, 0.3) is 5.91 Å². The third-order valence-corrected chi connectivity index (χ3v) is 6.34. The minimum Gasteiger partial charge on any atom is -0.384 e. The summed E-state index contributed by atoms with van der Waals surface area (Å²) in [6.07, 6.45) is 2.67. The van der Waals surface area contributed by atoms with E-state index in [1.54, 1.807) is 30.6 Å². The SMILES string of the molecule is C[C@@H](O)C(=O)N1CCCN(S(=O)(=O)c2cccc3cnccc23)CC1. The van der Waals surface area contributed by atoms with Gasteiger partial charge < -0.3 is 10.0 Å². The summed E-state index contributed by atoms with van der Waals surface area (Å²) in [7, 11) is -3.68.